The molecule has 1 aliphatic heterocycles. The zero-order valence-corrected chi connectivity index (χ0v) is 21.9. The molecule has 0 radical (unpaired) electrons. The number of aliphatic hydroxyl groups excluding tert-OH is 2. The second-order valence-corrected chi connectivity index (χ2v) is 7.48. The van der Waals surface area contributed by atoms with Gasteiger partial charge in [0, 0.05) is 6.54 Å². The van der Waals surface area contributed by atoms with Crippen LogP contribution in [-0.2, 0) is 13.8 Å². The molecule has 1 fully saturated rings. The van der Waals surface area contributed by atoms with Crippen molar-refractivity contribution in [2.24, 2.45) is 0 Å². The smallest absolute Gasteiger partial charge is 0.790 e. The maximum absolute atomic E-state index is 10.6. The number of imidazole rings is 1. The van der Waals surface area contributed by atoms with E-state index in [9.17, 15) is 24.6 Å². The minimum Gasteiger partial charge on any atom is -0.790 e. The number of aromatic nitrogens is 4. The number of ether oxygens (including phenoxy) is 1. The monoisotopic (exact) mass is 462 g/mol. The molecule has 3 rings (SSSR count). The molecule has 0 aliphatic carbocycles. The number of phosphoric acid groups is 1. The van der Waals surface area contributed by atoms with Gasteiger partial charge in [-0.15, -0.1) is 0 Å². The van der Waals surface area contributed by atoms with Gasteiger partial charge in [0.15, 0.2) is 17.7 Å². The Hall–Kier alpha value is 0.140. The van der Waals surface area contributed by atoms with Gasteiger partial charge >= 0.3 is 59.1 Å². The maximum Gasteiger partial charge on any atom is 1.00 e. The van der Waals surface area contributed by atoms with Crippen molar-refractivity contribution in [3.05, 3.63) is 6.33 Å². The average molecular weight is 462 g/mol. The largest absolute Gasteiger partial charge is 1.00 e. The van der Waals surface area contributed by atoms with E-state index in [-0.39, 0.29) is 82.0 Å². The Kier molecular flexibility index (Phi) is 11.1. The first-order chi connectivity index (χ1) is 13.2. The summed E-state index contributed by atoms with van der Waals surface area (Å²) in [5.74, 6) is 0.390. The summed E-state index contributed by atoms with van der Waals surface area (Å²) in [6.45, 7) is 1.95. The zero-order chi connectivity index (χ0) is 20.5. The van der Waals surface area contributed by atoms with Crippen LogP contribution in [0, 0.1) is 0 Å². The van der Waals surface area contributed by atoms with Crippen LogP contribution in [0.1, 0.15) is 26.0 Å². The van der Waals surface area contributed by atoms with Crippen molar-refractivity contribution in [2.45, 2.75) is 44.3 Å². The number of hydrogen-bond donors (Lipinski definition) is 4. The molecular formula is C14H21N6Na2O7P. The van der Waals surface area contributed by atoms with Crippen LogP contribution in [0.5, 0.6) is 0 Å². The van der Waals surface area contributed by atoms with Crippen LogP contribution < -0.4 is 80.0 Å². The molecule has 0 amide bonds. The molecule has 0 saturated carbocycles. The van der Waals surface area contributed by atoms with Gasteiger partial charge in [-0.3, -0.25) is 4.57 Å². The van der Waals surface area contributed by atoms with E-state index in [4.69, 9.17) is 10.5 Å². The van der Waals surface area contributed by atoms with Crippen LogP contribution in [0.4, 0.5) is 11.8 Å². The van der Waals surface area contributed by atoms with Gasteiger partial charge < -0.3 is 44.9 Å². The second-order valence-electron chi connectivity index (χ2n) is 6.33. The third kappa shape index (κ3) is 6.58. The summed E-state index contributed by atoms with van der Waals surface area (Å²) >= 11 is 0. The Morgan fingerprint density at radius 1 is 1.33 bits per heavy atom. The van der Waals surface area contributed by atoms with Crippen molar-refractivity contribution in [2.75, 3.05) is 24.2 Å². The average Bonchev–Trinajstić information content (AvgIpc) is 3.15. The van der Waals surface area contributed by atoms with E-state index in [2.05, 4.69) is 24.8 Å². The number of rotatable bonds is 8. The number of nitrogens with two attached hydrogens (primary N) is 1. The molecule has 16 heteroatoms. The molecule has 30 heavy (non-hydrogen) atoms. The molecule has 0 aromatic carbocycles. The topological polar surface area (TPSA) is 204 Å². The van der Waals surface area contributed by atoms with Crippen molar-refractivity contribution in [3.63, 3.8) is 0 Å². The van der Waals surface area contributed by atoms with Gasteiger partial charge in [0.1, 0.15) is 23.8 Å². The van der Waals surface area contributed by atoms with Crippen molar-refractivity contribution < 1.29 is 92.9 Å². The quantitative estimate of drug-likeness (QED) is 0.164. The summed E-state index contributed by atoms with van der Waals surface area (Å²) in [4.78, 5) is 33.8. The zero-order valence-electron chi connectivity index (χ0n) is 17.0. The van der Waals surface area contributed by atoms with E-state index in [1.54, 1.807) is 0 Å². The van der Waals surface area contributed by atoms with Gasteiger partial charge in [-0.1, -0.05) is 13.3 Å². The Morgan fingerprint density at radius 3 is 2.67 bits per heavy atom. The minimum atomic E-state index is -5.25. The van der Waals surface area contributed by atoms with Crippen LogP contribution in [0.25, 0.3) is 11.2 Å². The van der Waals surface area contributed by atoms with E-state index < -0.39 is 39.0 Å². The van der Waals surface area contributed by atoms with Crippen LogP contribution in [-0.4, -0.2) is 61.2 Å². The van der Waals surface area contributed by atoms with Crippen molar-refractivity contribution >= 4 is 30.8 Å². The standard InChI is InChI=1S/C14H23N6O7P.2Na/c1-2-3-4-16-14-18-11(15)8-12(19-14)20(6-17-8)13-10(22)9(21)7(27-13)5-26-28(23,24)25;;/h6-7,9-10,13,21-22H,2-5H2,1H3,(H2,23,24,25)(H3,15,16,18,19);;/q;2*+1/p-2. The number of hydrogen-bond acceptors (Lipinski definition) is 12. The molecule has 1 aliphatic rings. The van der Waals surface area contributed by atoms with Gasteiger partial charge in [-0.25, -0.2) is 4.98 Å². The number of unbranched alkanes of at least 4 members (excludes halogenated alkanes) is 1. The van der Waals surface area contributed by atoms with E-state index in [0.717, 1.165) is 12.8 Å². The van der Waals surface area contributed by atoms with Crippen LogP contribution in [0.2, 0.25) is 0 Å². The summed E-state index contributed by atoms with van der Waals surface area (Å²) in [6.07, 6.45) is -2.14. The summed E-state index contributed by atoms with van der Waals surface area (Å²) < 4.78 is 21.6. The number of anilines is 2. The van der Waals surface area contributed by atoms with Gasteiger partial charge in [-0.2, -0.15) is 9.97 Å². The normalized spacial score (nSPS) is 23.8. The Morgan fingerprint density at radius 2 is 2.03 bits per heavy atom. The third-order valence-electron chi connectivity index (χ3n) is 4.27. The van der Waals surface area contributed by atoms with E-state index in [1.807, 2.05) is 6.92 Å². The molecule has 5 N–H and O–H groups in total. The first-order valence-electron chi connectivity index (χ1n) is 8.63. The number of phosphoric ester groups is 1. The molecule has 4 atom stereocenters. The number of nitrogen functional groups attached to an aromatic ring is 1. The Balaban J connectivity index is 0.00000225. The number of fused-ring (bicyclic) bond motifs is 1. The van der Waals surface area contributed by atoms with E-state index in [1.165, 1.54) is 10.9 Å². The molecule has 156 valence electrons. The third-order valence-corrected chi connectivity index (χ3v) is 4.74. The summed E-state index contributed by atoms with van der Waals surface area (Å²) in [5.41, 5.74) is 6.44. The van der Waals surface area contributed by atoms with Crippen molar-refractivity contribution in [1.29, 1.82) is 0 Å². The molecule has 4 unspecified atom stereocenters. The first kappa shape index (κ1) is 28.2. The molecule has 2 aromatic heterocycles. The van der Waals surface area contributed by atoms with Crippen LogP contribution in [0.3, 0.4) is 0 Å². The fourth-order valence-electron chi connectivity index (χ4n) is 2.84. The molecule has 2 aromatic rings. The van der Waals surface area contributed by atoms with Crippen molar-refractivity contribution in [1.82, 2.24) is 19.5 Å². The molecular weight excluding hydrogens is 441 g/mol. The number of aliphatic hydroxyl groups is 2. The predicted octanol–water partition coefficient (Wildman–Crippen LogP) is -7.91. The Bertz CT molecular complexity index is 884. The number of nitrogens with zero attached hydrogens (tertiary/aromatic N) is 4. The fraction of sp³-hybridized carbons (Fsp3) is 0.643. The summed E-state index contributed by atoms with van der Waals surface area (Å²) in [7, 11) is -5.25. The summed E-state index contributed by atoms with van der Waals surface area (Å²) in [6, 6.07) is 0. The predicted molar refractivity (Wildman–Crippen MR) is 92.6 cm³/mol. The number of nitrogens with one attached hydrogen (secondary N) is 1. The second kappa shape index (κ2) is 11.8. The van der Waals surface area contributed by atoms with Gasteiger partial charge in [0.2, 0.25) is 5.95 Å². The van der Waals surface area contributed by atoms with Gasteiger partial charge in [-0.05, 0) is 6.42 Å². The molecule has 3 heterocycles. The first-order valence-corrected chi connectivity index (χ1v) is 10.1. The van der Waals surface area contributed by atoms with E-state index >= 15 is 0 Å². The minimum absolute atomic E-state index is 0. The van der Waals surface area contributed by atoms with E-state index in [0.29, 0.717) is 6.54 Å². The maximum atomic E-state index is 10.6. The van der Waals surface area contributed by atoms with Crippen molar-refractivity contribution in [3.8, 4) is 0 Å². The SMILES string of the molecule is CCCCNc1nc(N)c2ncn(C3OC(COP(=O)([O-])[O-])C(O)C3O)c2n1.[Na+].[Na+]. The van der Waals surface area contributed by atoms with Gasteiger partial charge in [0.25, 0.3) is 0 Å². The van der Waals surface area contributed by atoms with Crippen LogP contribution >= 0.6 is 7.82 Å². The summed E-state index contributed by atoms with van der Waals surface area (Å²) in [5, 5.41) is 23.4. The van der Waals surface area contributed by atoms with Crippen LogP contribution in [0.15, 0.2) is 6.33 Å². The fourth-order valence-corrected chi connectivity index (χ4v) is 3.17. The molecule has 13 nitrogen and oxygen atoms in total. The molecule has 0 spiro atoms. The van der Waals surface area contributed by atoms with Gasteiger partial charge in [0.05, 0.1) is 20.8 Å². The molecule has 1 saturated heterocycles. The molecule has 0 bridgehead atoms. The Labute approximate surface area is 216 Å².